The molecule has 28 heavy (non-hydrogen) atoms. The summed E-state index contributed by atoms with van der Waals surface area (Å²) >= 11 is 0. The molecular weight excluding hydrogens is 355 g/mol. The molecule has 2 N–H and O–H groups in total. The summed E-state index contributed by atoms with van der Waals surface area (Å²) in [5.74, 6) is -0.281. The Bertz CT molecular complexity index is 811. The van der Waals surface area contributed by atoms with Crippen molar-refractivity contribution in [2.45, 2.75) is 43.7 Å². The van der Waals surface area contributed by atoms with Crippen molar-refractivity contribution in [3.05, 3.63) is 66.0 Å². The Labute approximate surface area is 165 Å². The Morgan fingerprint density at radius 2 is 1.86 bits per heavy atom. The van der Waals surface area contributed by atoms with Crippen molar-refractivity contribution >= 4 is 11.6 Å². The van der Waals surface area contributed by atoms with Gasteiger partial charge in [0.1, 0.15) is 5.82 Å². The summed E-state index contributed by atoms with van der Waals surface area (Å²) in [4.78, 5) is 14.8. The molecule has 2 aliphatic rings. The molecule has 3 unspecified atom stereocenters. The lowest BCUT2D eigenvalue weighted by molar-refractivity contribution is -0.135. The lowest BCUT2D eigenvalue weighted by Gasteiger charge is -2.52. The van der Waals surface area contributed by atoms with Gasteiger partial charge in [0.2, 0.25) is 5.91 Å². The molecule has 1 amide bonds. The summed E-state index contributed by atoms with van der Waals surface area (Å²) < 4.78 is 13.5. The molecule has 0 spiro atoms. The predicted molar refractivity (Wildman–Crippen MR) is 107 cm³/mol. The van der Waals surface area contributed by atoms with E-state index in [0.29, 0.717) is 13.0 Å². The second kappa shape index (κ2) is 8.02. The summed E-state index contributed by atoms with van der Waals surface area (Å²) in [5, 5.41) is 14.2. The van der Waals surface area contributed by atoms with Crippen LogP contribution in [0.2, 0.25) is 0 Å². The Kier molecular flexibility index (Phi) is 5.47. The topological polar surface area (TPSA) is 52.6 Å². The summed E-state index contributed by atoms with van der Waals surface area (Å²) in [6, 6.07) is 15.9. The van der Waals surface area contributed by atoms with E-state index in [1.807, 2.05) is 30.3 Å². The van der Waals surface area contributed by atoms with Crippen LogP contribution in [-0.4, -0.2) is 34.6 Å². The number of anilines is 1. The predicted octanol–water partition coefficient (Wildman–Crippen LogP) is 4.13. The summed E-state index contributed by atoms with van der Waals surface area (Å²) in [5.41, 5.74) is 1.06. The number of benzene rings is 2. The molecule has 3 atom stereocenters. The first-order valence-electron chi connectivity index (χ1n) is 10.1. The van der Waals surface area contributed by atoms with Gasteiger partial charge in [-0.05, 0) is 49.1 Å². The number of hydrogen-bond acceptors (Lipinski definition) is 3. The molecule has 5 heteroatoms. The Morgan fingerprint density at radius 3 is 2.61 bits per heavy atom. The van der Waals surface area contributed by atoms with E-state index in [-0.39, 0.29) is 30.2 Å². The lowest BCUT2D eigenvalue weighted by atomic mass is 9.66. The molecule has 1 aliphatic carbocycles. The summed E-state index contributed by atoms with van der Waals surface area (Å²) in [6.45, 7) is 0.904. The van der Waals surface area contributed by atoms with Crippen molar-refractivity contribution in [1.82, 2.24) is 4.90 Å². The van der Waals surface area contributed by atoms with Gasteiger partial charge in [-0.25, -0.2) is 4.39 Å². The maximum Gasteiger partial charge on any atom is 0.238 e. The number of carbonyl (C=O) groups excluding carboxylic acids is 1. The van der Waals surface area contributed by atoms with Gasteiger partial charge in [0, 0.05) is 24.2 Å². The third kappa shape index (κ3) is 3.96. The van der Waals surface area contributed by atoms with Gasteiger partial charge in [0.25, 0.3) is 0 Å². The van der Waals surface area contributed by atoms with E-state index in [9.17, 15) is 14.3 Å². The molecule has 2 aromatic rings. The SMILES string of the molecule is O=C(CN1CCC2(O)CCCCC2C1c1ccc(F)cc1)Nc1ccccc1. The molecule has 0 aromatic heterocycles. The number of hydrogen-bond donors (Lipinski definition) is 2. The van der Waals surface area contributed by atoms with Crippen LogP contribution >= 0.6 is 0 Å². The van der Waals surface area contributed by atoms with Crippen molar-refractivity contribution < 1.29 is 14.3 Å². The number of para-hydroxylation sites is 1. The van der Waals surface area contributed by atoms with E-state index >= 15 is 0 Å². The highest BCUT2D eigenvalue weighted by Gasteiger charge is 2.49. The monoisotopic (exact) mass is 382 g/mol. The molecule has 4 rings (SSSR count). The van der Waals surface area contributed by atoms with E-state index in [1.165, 1.54) is 12.1 Å². The van der Waals surface area contributed by atoms with Crippen molar-refractivity contribution in [3.8, 4) is 0 Å². The number of nitrogens with zero attached hydrogens (tertiary/aromatic N) is 1. The van der Waals surface area contributed by atoms with Crippen LogP contribution in [-0.2, 0) is 4.79 Å². The van der Waals surface area contributed by atoms with Crippen molar-refractivity contribution in [3.63, 3.8) is 0 Å². The van der Waals surface area contributed by atoms with Crippen LogP contribution in [0.25, 0.3) is 0 Å². The smallest absolute Gasteiger partial charge is 0.238 e. The number of nitrogens with one attached hydrogen (secondary N) is 1. The van der Waals surface area contributed by atoms with Gasteiger partial charge < -0.3 is 10.4 Å². The van der Waals surface area contributed by atoms with Gasteiger partial charge in [-0.1, -0.05) is 43.2 Å². The van der Waals surface area contributed by atoms with Crippen molar-refractivity contribution in [2.75, 3.05) is 18.4 Å². The fourth-order valence-electron chi connectivity index (χ4n) is 4.93. The Morgan fingerprint density at radius 1 is 1.11 bits per heavy atom. The molecule has 1 aliphatic heterocycles. The van der Waals surface area contributed by atoms with Crippen LogP contribution in [0.1, 0.15) is 43.7 Å². The highest BCUT2D eigenvalue weighted by Crippen LogP contribution is 2.49. The van der Waals surface area contributed by atoms with Gasteiger partial charge in [0.15, 0.2) is 0 Å². The summed E-state index contributed by atoms with van der Waals surface area (Å²) in [7, 11) is 0. The maximum atomic E-state index is 13.5. The van der Waals surface area contributed by atoms with Crippen molar-refractivity contribution in [1.29, 1.82) is 0 Å². The molecule has 1 saturated heterocycles. The number of halogens is 1. The minimum absolute atomic E-state index is 0.0602. The number of likely N-dealkylation sites (tertiary alicyclic amines) is 1. The van der Waals surface area contributed by atoms with Gasteiger partial charge in [-0.3, -0.25) is 9.69 Å². The Hall–Kier alpha value is -2.24. The van der Waals surface area contributed by atoms with Gasteiger partial charge in [-0.2, -0.15) is 0 Å². The van der Waals surface area contributed by atoms with E-state index < -0.39 is 5.60 Å². The summed E-state index contributed by atoms with van der Waals surface area (Å²) in [6.07, 6.45) is 4.52. The zero-order chi connectivity index (χ0) is 19.6. The fraction of sp³-hybridized carbons (Fsp3) is 0.435. The molecule has 2 aromatic carbocycles. The minimum atomic E-state index is -0.691. The molecule has 1 heterocycles. The van der Waals surface area contributed by atoms with Crippen LogP contribution in [0.3, 0.4) is 0 Å². The maximum absolute atomic E-state index is 13.5. The highest BCUT2D eigenvalue weighted by molar-refractivity contribution is 5.92. The van der Waals surface area contributed by atoms with E-state index in [4.69, 9.17) is 0 Å². The molecule has 148 valence electrons. The van der Waals surface area contributed by atoms with Crippen LogP contribution in [0.4, 0.5) is 10.1 Å². The highest BCUT2D eigenvalue weighted by atomic mass is 19.1. The van der Waals surface area contributed by atoms with Gasteiger partial charge in [-0.15, -0.1) is 0 Å². The molecule has 4 nitrogen and oxygen atoms in total. The molecule has 1 saturated carbocycles. The van der Waals surface area contributed by atoms with Gasteiger partial charge in [0.05, 0.1) is 12.1 Å². The zero-order valence-corrected chi connectivity index (χ0v) is 16.0. The average Bonchev–Trinajstić information content (AvgIpc) is 2.69. The molecule has 2 fully saturated rings. The van der Waals surface area contributed by atoms with Crippen molar-refractivity contribution in [2.24, 2.45) is 5.92 Å². The second-order valence-electron chi connectivity index (χ2n) is 8.09. The van der Waals surface area contributed by atoms with Crippen LogP contribution < -0.4 is 5.32 Å². The van der Waals surface area contributed by atoms with Gasteiger partial charge >= 0.3 is 0 Å². The van der Waals surface area contributed by atoms with Crippen LogP contribution in [0.5, 0.6) is 0 Å². The standard InChI is InChI=1S/C23H27FN2O2/c24-18-11-9-17(10-12-18)22-20-8-4-5-13-23(20,28)14-15-26(22)16-21(27)25-19-6-2-1-3-7-19/h1-3,6-7,9-12,20,22,28H,4-5,8,13-16H2,(H,25,27). The van der Waals surface area contributed by atoms with Crippen LogP contribution in [0, 0.1) is 11.7 Å². The average molecular weight is 382 g/mol. The first-order valence-corrected chi connectivity index (χ1v) is 10.1. The first kappa shape index (κ1) is 19.1. The number of amides is 1. The second-order valence-corrected chi connectivity index (χ2v) is 8.09. The normalized spacial score (nSPS) is 27.8. The number of aliphatic hydroxyl groups is 1. The number of carbonyl (C=O) groups is 1. The number of fused-ring (bicyclic) bond motifs is 1. The first-order chi connectivity index (χ1) is 13.5. The van der Waals surface area contributed by atoms with Crippen LogP contribution in [0.15, 0.2) is 54.6 Å². The van der Waals surface area contributed by atoms with E-state index in [2.05, 4.69) is 10.2 Å². The zero-order valence-electron chi connectivity index (χ0n) is 16.0. The Balaban J connectivity index is 1.57. The molecular formula is C23H27FN2O2. The third-order valence-corrected chi connectivity index (χ3v) is 6.29. The number of rotatable bonds is 4. The molecule has 0 bridgehead atoms. The van der Waals surface area contributed by atoms with E-state index in [0.717, 1.165) is 36.9 Å². The fourth-order valence-corrected chi connectivity index (χ4v) is 4.93. The number of piperidine rings is 1. The molecule has 0 radical (unpaired) electrons. The quantitative estimate of drug-likeness (QED) is 0.836. The largest absolute Gasteiger partial charge is 0.389 e. The third-order valence-electron chi connectivity index (χ3n) is 6.29. The lowest BCUT2D eigenvalue weighted by Crippen LogP contribution is -2.56. The minimum Gasteiger partial charge on any atom is -0.389 e. The van der Waals surface area contributed by atoms with E-state index in [1.54, 1.807) is 12.1 Å².